The molecule has 0 aliphatic rings. The molecular weight excluding hydrogens is 247 g/mol. The Morgan fingerprint density at radius 2 is 2.00 bits per heavy atom. The van der Waals surface area contributed by atoms with Gasteiger partial charge in [0.05, 0.1) is 13.2 Å². The number of ether oxygens (including phenoxy) is 1. The zero-order valence-electron chi connectivity index (χ0n) is 8.71. The summed E-state index contributed by atoms with van der Waals surface area (Å²) in [5.41, 5.74) is 1.32. The second-order valence-corrected chi connectivity index (χ2v) is 3.31. The van der Waals surface area contributed by atoms with E-state index < -0.39 is 12.8 Å². The van der Waals surface area contributed by atoms with Gasteiger partial charge in [-0.05, 0) is 0 Å². The van der Waals surface area contributed by atoms with Crippen LogP contribution in [0.2, 0.25) is 0 Å². The molecule has 0 saturated heterocycles. The first-order chi connectivity index (χ1) is 7.49. The quantitative estimate of drug-likeness (QED) is 0.674. The van der Waals surface area contributed by atoms with Crippen LogP contribution in [0.3, 0.4) is 0 Å². The number of hydrogen-bond donors (Lipinski definition) is 1. The molecule has 0 amide bonds. The molecule has 0 aliphatic carbocycles. The fourth-order valence-electron chi connectivity index (χ4n) is 1.01. The number of nitrogens with zero attached hydrogens (tertiary/aromatic N) is 1. The minimum atomic E-state index is -4.29. The summed E-state index contributed by atoms with van der Waals surface area (Å²) in [5, 5.41) is 8.70. The molecule has 0 radical (unpaired) electrons. The van der Waals surface area contributed by atoms with E-state index in [-0.39, 0.29) is 13.2 Å². The molecule has 0 unspecified atom stereocenters. The number of alkyl halides is 3. The predicted octanol–water partition coefficient (Wildman–Crippen LogP) is 1.61. The molecule has 0 aliphatic heterocycles. The third kappa shape index (κ3) is 10.2. The van der Waals surface area contributed by atoms with Crippen molar-refractivity contribution in [3.05, 3.63) is 11.6 Å². The molecule has 0 fully saturated rings. The van der Waals surface area contributed by atoms with Crippen LogP contribution < -0.4 is 0 Å². The van der Waals surface area contributed by atoms with Crippen molar-refractivity contribution in [2.45, 2.75) is 6.18 Å². The molecule has 3 nitrogen and oxygen atoms in total. The number of aliphatic hydroxyl groups excluding tert-OH is 1. The zero-order valence-corrected chi connectivity index (χ0v) is 9.47. The summed E-state index contributed by atoms with van der Waals surface area (Å²) in [6.45, 7) is -0.176. The van der Waals surface area contributed by atoms with Gasteiger partial charge in [-0.1, -0.05) is 17.7 Å². The van der Waals surface area contributed by atoms with Crippen LogP contribution in [0.1, 0.15) is 0 Å². The van der Waals surface area contributed by atoms with Crippen molar-refractivity contribution in [2.24, 2.45) is 0 Å². The van der Waals surface area contributed by atoms with Gasteiger partial charge < -0.3 is 9.84 Å². The highest BCUT2D eigenvalue weighted by atomic mass is 35.5. The molecular formula is C9H15ClF3NO2. The van der Waals surface area contributed by atoms with E-state index in [1.807, 2.05) is 0 Å². The van der Waals surface area contributed by atoms with Gasteiger partial charge in [-0.15, -0.1) is 0 Å². The Bertz CT molecular complexity index is 200. The van der Waals surface area contributed by atoms with Crippen molar-refractivity contribution in [3.63, 3.8) is 0 Å². The molecule has 0 aromatic rings. The van der Waals surface area contributed by atoms with E-state index in [1.165, 1.54) is 5.54 Å². The van der Waals surface area contributed by atoms with Gasteiger partial charge in [0.1, 0.15) is 6.61 Å². The Balaban J connectivity index is 3.67. The lowest BCUT2D eigenvalue weighted by atomic mass is 10.4. The Morgan fingerprint density at radius 1 is 1.31 bits per heavy atom. The average molecular weight is 262 g/mol. The Hall–Kier alpha value is -0.300. The monoisotopic (exact) mass is 261 g/mol. The van der Waals surface area contributed by atoms with Crippen molar-refractivity contribution in [1.29, 1.82) is 0 Å². The average Bonchev–Trinajstić information content (AvgIpc) is 2.19. The highest BCUT2D eigenvalue weighted by Gasteiger charge is 2.27. The van der Waals surface area contributed by atoms with Gasteiger partial charge in [0, 0.05) is 25.2 Å². The van der Waals surface area contributed by atoms with Gasteiger partial charge in [-0.25, -0.2) is 0 Å². The molecule has 96 valence electrons. The maximum Gasteiger partial charge on any atom is 0.411 e. The molecule has 0 heterocycles. The van der Waals surface area contributed by atoms with E-state index in [1.54, 1.807) is 11.0 Å². The SMILES string of the molecule is OCCN(CC=CCl)CCOCC(F)(F)F. The normalized spacial score (nSPS) is 12.9. The molecule has 0 spiro atoms. The van der Waals surface area contributed by atoms with Gasteiger partial charge in [-0.3, -0.25) is 4.90 Å². The van der Waals surface area contributed by atoms with Crippen LogP contribution in [0.5, 0.6) is 0 Å². The van der Waals surface area contributed by atoms with Crippen LogP contribution in [0.25, 0.3) is 0 Å². The minimum absolute atomic E-state index is 0.0321. The lowest BCUT2D eigenvalue weighted by Crippen LogP contribution is -2.31. The van der Waals surface area contributed by atoms with Crippen LogP contribution in [0, 0.1) is 0 Å². The summed E-state index contributed by atoms with van der Waals surface area (Å²) in [6, 6.07) is 0. The third-order valence-electron chi connectivity index (χ3n) is 1.69. The van der Waals surface area contributed by atoms with Gasteiger partial charge in [0.25, 0.3) is 0 Å². The zero-order chi connectivity index (χ0) is 12.4. The minimum Gasteiger partial charge on any atom is -0.395 e. The van der Waals surface area contributed by atoms with E-state index >= 15 is 0 Å². The summed E-state index contributed by atoms with van der Waals surface area (Å²) in [5.74, 6) is 0. The Kier molecular flexibility index (Phi) is 8.64. The van der Waals surface area contributed by atoms with E-state index in [9.17, 15) is 13.2 Å². The highest BCUT2D eigenvalue weighted by Crippen LogP contribution is 2.14. The van der Waals surface area contributed by atoms with E-state index in [4.69, 9.17) is 16.7 Å². The number of rotatable bonds is 8. The van der Waals surface area contributed by atoms with Crippen LogP contribution >= 0.6 is 11.6 Å². The van der Waals surface area contributed by atoms with E-state index in [0.717, 1.165) is 0 Å². The largest absolute Gasteiger partial charge is 0.411 e. The van der Waals surface area contributed by atoms with Crippen LogP contribution in [-0.2, 0) is 4.74 Å². The first kappa shape index (κ1) is 15.7. The number of hydrogen-bond acceptors (Lipinski definition) is 3. The van der Waals surface area contributed by atoms with Gasteiger partial charge in [0.15, 0.2) is 0 Å². The van der Waals surface area contributed by atoms with Crippen molar-refractivity contribution >= 4 is 11.6 Å². The fourth-order valence-corrected chi connectivity index (χ4v) is 1.09. The molecule has 16 heavy (non-hydrogen) atoms. The van der Waals surface area contributed by atoms with E-state index in [2.05, 4.69) is 4.74 Å². The smallest absolute Gasteiger partial charge is 0.395 e. The standard InChI is InChI=1S/C9H15ClF3NO2/c10-2-1-3-14(4-6-15)5-7-16-8-9(11,12)13/h1-2,15H,3-8H2. The summed E-state index contributed by atoms with van der Waals surface area (Å²) in [6.07, 6.45) is -2.65. The molecule has 0 rings (SSSR count). The number of halogens is 4. The molecule has 1 N–H and O–H groups in total. The maximum atomic E-state index is 11.7. The summed E-state index contributed by atoms with van der Waals surface area (Å²) >= 11 is 5.32. The Morgan fingerprint density at radius 3 is 2.50 bits per heavy atom. The van der Waals surface area contributed by atoms with Crippen molar-refractivity contribution in [1.82, 2.24) is 4.90 Å². The van der Waals surface area contributed by atoms with Crippen molar-refractivity contribution < 1.29 is 23.0 Å². The predicted molar refractivity (Wildman–Crippen MR) is 55.4 cm³/mol. The molecule has 0 bridgehead atoms. The molecule has 0 aromatic heterocycles. The number of aliphatic hydroxyl groups is 1. The van der Waals surface area contributed by atoms with Crippen LogP contribution in [0.15, 0.2) is 11.6 Å². The van der Waals surface area contributed by atoms with Crippen molar-refractivity contribution in [2.75, 3.05) is 39.5 Å². The van der Waals surface area contributed by atoms with Crippen LogP contribution in [-0.4, -0.2) is 55.6 Å². The molecule has 0 atom stereocenters. The van der Waals surface area contributed by atoms with Crippen molar-refractivity contribution in [3.8, 4) is 0 Å². The fraction of sp³-hybridized carbons (Fsp3) is 0.778. The topological polar surface area (TPSA) is 32.7 Å². The van der Waals surface area contributed by atoms with Gasteiger partial charge in [-0.2, -0.15) is 13.2 Å². The first-order valence-corrected chi connectivity index (χ1v) is 5.16. The second kappa shape index (κ2) is 8.81. The summed E-state index contributed by atoms with van der Waals surface area (Å²) < 4.78 is 39.6. The molecule has 0 saturated carbocycles. The van der Waals surface area contributed by atoms with Gasteiger partial charge in [0.2, 0.25) is 0 Å². The van der Waals surface area contributed by atoms with E-state index in [0.29, 0.717) is 19.6 Å². The first-order valence-electron chi connectivity index (χ1n) is 4.72. The maximum absolute atomic E-state index is 11.7. The van der Waals surface area contributed by atoms with Crippen LogP contribution in [0.4, 0.5) is 13.2 Å². The second-order valence-electron chi connectivity index (χ2n) is 3.05. The summed E-state index contributed by atoms with van der Waals surface area (Å²) in [4.78, 5) is 1.73. The Labute approximate surface area is 97.4 Å². The molecule has 0 aromatic carbocycles. The van der Waals surface area contributed by atoms with Gasteiger partial charge >= 0.3 is 6.18 Å². The third-order valence-corrected chi connectivity index (χ3v) is 1.86. The lowest BCUT2D eigenvalue weighted by molar-refractivity contribution is -0.174. The lowest BCUT2D eigenvalue weighted by Gasteiger charge is -2.19. The molecule has 7 heteroatoms. The highest BCUT2D eigenvalue weighted by molar-refractivity contribution is 6.25. The summed E-state index contributed by atoms with van der Waals surface area (Å²) in [7, 11) is 0.